The van der Waals surface area contributed by atoms with E-state index in [1.165, 1.54) is 4.90 Å². The van der Waals surface area contributed by atoms with Crippen LogP contribution in [0, 0.1) is 0 Å². The van der Waals surface area contributed by atoms with Crippen molar-refractivity contribution in [2.75, 3.05) is 16.8 Å². The number of carbonyl (C=O) groups excluding carboxylic acids is 2. The van der Waals surface area contributed by atoms with Gasteiger partial charge in [-0.1, -0.05) is 67.6 Å². The Morgan fingerprint density at radius 2 is 1.66 bits per heavy atom. The average molecular weight is 386 g/mol. The van der Waals surface area contributed by atoms with Crippen molar-refractivity contribution in [3.63, 3.8) is 0 Å². The van der Waals surface area contributed by atoms with Crippen LogP contribution in [0.15, 0.2) is 78.9 Å². The molecule has 0 spiro atoms. The first-order chi connectivity index (χ1) is 14.2. The molecule has 0 saturated heterocycles. The number of rotatable bonds is 5. The zero-order valence-electron chi connectivity index (χ0n) is 16.2. The molecule has 0 aromatic heterocycles. The molecule has 1 heterocycles. The Balaban J connectivity index is 1.57. The number of para-hydroxylation sites is 3. The summed E-state index contributed by atoms with van der Waals surface area (Å²) < 4.78 is 5.78. The van der Waals surface area contributed by atoms with Crippen molar-refractivity contribution in [2.24, 2.45) is 0 Å². The van der Waals surface area contributed by atoms with Gasteiger partial charge in [-0.2, -0.15) is 0 Å². The molecule has 4 rings (SSSR count). The Morgan fingerprint density at radius 1 is 0.966 bits per heavy atom. The Morgan fingerprint density at radius 3 is 2.45 bits per heavy atom. The quantitative estimate of drug-likeness (QED) is 0.703. The van der Waals surface area contributed by atoms with E-state index in [1.54, 1.807) is 6.07 Å². The number of nitrogens with zero attached hydrogens (tertiary/aromatic N) is 1. The van der Waals surface area contributed by atoms with Crippen LogP contribution in [-0.4, -0.2) is 24.5 Å². The van der Waals surface area contributed by atoms with Crippen molar-refractivity contribution in [3.8, 4) is 16.9 Å². The second-order valence-electron chi connectivity index (χ2n) is 6.87. The molecule has 1 aliphatic heterocycles. The first-order valence-electron chi connectivity index (χ1n) is 9.68. The predicted molar refractivity (Wildman–Crippen MR) is 114 cm³/mol. The second-order valence-corrected chi connectivity index (χ2v) is 6.87. The summed E-state index contributed by atoms with van der Waals surface area (Å²) in [6, 6.07) is 24.8. The van der Waals surface area contributed by atoms with Crippen LogP contribution in [-0.2, 0) is 9.59 Å². The molecule has 0 saturated carbocycles. The predicted octanol–water partition coefficient (Wildman–Crippen LogP) is 4.50. The summed E-state index contributed by atoms with van der Waals surface area (Å²) in [6.07, 6.45) is -0.0309. The van der Waals surface area contributed by atoms with Gasteiger partial charge in [0.05, 0.1) is 5.69 Å². The van der Waals surface area contributed by atoms with E-state index in [0.717, 1.165) is 11.1 Å². The van der Waals surface area contributed by atoms with E-state index >= 15 is 0 Å². The zero-order valence-corrected chi connectivity index (χ0v) is 16.2. The maximum atomic E-state index is 12.9. The molecule has 0 bridgehead atoms. The molecule has 2 amide bonds. The summed E-state index contributed by atoms with van der Waals surface area (Å²) in [5, 5.41) is 2.97. The number of ether oxygens (including phenoxy) is 1. The lowest BCUT2D eigenvalue weighted by molar-refractivity contribution is -0.128. The van der Waals surface area contributed by atoms with Crippen molar-refractivity contribution in [1.82, 2.24) is 0 Å². The fraction of sp³-hybridized carbons (Fsp3) is 0.167. The summed E-state index contributed by atoms with van der Waals surface area (Å²) in [6.45, 7) is 1.82. The van der Waals surface area contributed by atoms with Crippen LogP contribution in [0.3, 0.4) is 0 Å². The van der Waals surface area contributed by atoms with Crippen LogP contribution in [0.5, 0.6) is 5.75 Å². The molecule has 146 valence electrons. The Labute approximate surface area is 169 Å². The number of fused-ring (bicyclic) bond motifs is 1. The third kappa shape index (κ3) is 3.85. The summed E-state index contributed by atoms with van der Waals surface area (Å²) in [4.78, 5) is 27.2. The molecule has 1 unspecified atom stereocenters. The summed E-state index contributed by atoms with van der Waals surface area (Å²) >= 11 is 0. The molecule has 5 nitrogen and oxygen atoms in total. The highest BCUT2D eigenvalue weighted by atomic mass is 16.5. The minimum Gasteiger partial charge on any atom is -0.478 e. The fourth-order valence-corrected chi connectivity index (χ4v) is 3.49. The molecule has 29 heavy (non-hydrogen) atoms. The van der Waals surface area contributed by atoms with Gasteiger partial charge in [-0.05, 0) is 30.2 Å². The van der Waals surface area contributed by atoms with Gasteiger partial charge in [0.15, 0.2) is 6.10 Å². The topological polar surface area (TPSA) is 58.6 Å². The molecular formula is C24H22N2O3. The number of hydrogen-bond acceptors (Lipinski definition) is 3. The van der Waals surface area contributed by atoms with Crippen LogP contribution in [0.1, 0.15) is 13.3 Å². The highest BCUT2D eigenvalue weighted by Gasteiger charge is 2.34. The van der Waals surface area contributed by atoms with Gasteiger partial charge in [-0.15, -0.1) is 0 Å². The summed E-state index contributed by atoms with van der Waals surface area (Å²) in [5.41, 5.74) is 3.28. The van der Waals surface area contributed by atoms with Crippen LogP contribution >= 0.6 is 0 Å². The van der Waals surface area contributed by atoms with E-state index in [0.29, 0.717) is 23.5 Å². The van der Waals surface area contributed by atoms with Crippen molar-refractivity contribution in [3.05, 3.63) is 78.9 Å². The molecule has 3 aromatic carbocycles. The van der Waals surface area contributed by atoms with Gasteiger partial charge < -0.3 is 10.1 Å². The Hall–Kier alpha value is -3.60. The molecule has 1 aliphatic rings. The number of hydrogen-bond donors (Lipinski definition) is 1. The zero-order chi connectivity index (χ0) is 20.2. The lowest BCUT2D eigenvalue weighted by Gasteiger charge is -2.33. The molecule has 0 radical (unpaired) electrons. The van der Waals surface area contributed by atoms with E-state index < -0.39 is 6.10 Å². The lowest BCUT2D eigenvalue weighted by atomic mass is 10.0. The molecule has 0 aliphatic carbocycles. The lowest BCUT2D eigenvalue weighted by Crippen LogP contribution is -2.48. The van der Waals surface area contributed by atoms with Crippen LogP contribution in [0.25, 0.3) is 11.1 Å². The van der Waals surface area contributed by atoms with Crippen LogP contribution in [0.2, 0.25) is 0 Å². The number of benzene rings is 3. The number of amides is 2. The minimum atomic E-state index is -0.575. The van der Waals surface area contributed by atoms with Crippen molar-refractivity contribution in [1.29, 1.82) is 0 Å². The van der Waals surface area contributed by atoms with Gasteiger partial charge in [0.1, 0.15) is 12.3 Å². The van der Waals surface area contributed by atoms with E-state index in [1.807, 2.05) is 79.7 Å². The van der Waals surface area contributed by atoms with Crippen molar-refractivity contribution < 1.29 is 14.3 Å². The number of nitrogens with one attached hydrogen (secondary N) is 1. The van der Waals surface area contributed by atoms with Gasteiger partial charge >= 0.3 is 0 Å². The Bertz CT molecular complexity index is 1030. The van der Waals surface area contributed by atoms with Gasteiger partial charge in [0.25, 0.3) is 5.91 Å². The summed E-state index contributed by atoms with van der Waals surface area (Å²) in [7, 11) is 0. The molecule has 5 heteroatoms. The molecule has 0 fully saturated rings. The normalized spacial score (nSPS) is 15.4. The first kappa shape index (κ1) is 18.7. The number of anilines is 2. The number of carbonyl (C=O) groups is 2. The van der Waals surface area contributed by atoms with Crippen molar-refractivity contribution >= 4 is 23.2 Å². The smallest absolute Gasteiger partial charge is 0.268 e. The molecule has 1 N–H and O–H groups in total. The van der Waals surface area contributed by atoms with Gasteiger partial charge in [0, 0.05) is 11.3 Å². The standard InChI is InChI=1S/C24H22N2O3/c1-2-21-24(28)26(20-14-8-9-15-22(20)29-21)16-23(27)25-19-13-7-6-12-18(19)17-10-4-3-5-11-17/h3-15,21H,2,16H2,1H3,(H,25,27). The highest BCUT2D eigenvalue weighted by Crippen LogP contribution is 2.34. The Kier molecular flexibility index (Phi) is 5.29. The third-order valence-electron chi connectivity index (χ3n) is 4.93. The van der Waals surface area contributed by atoms with Gasteiger partial charge in [0.2, 0.25) is 5.91 Å². The molecule has 1 atom stereocenters. The van der Waals surface area contributed by atoms with Gasteiger partial charge in [-0.25, -0.2) is 0 Å². The third-order valence-corrected chi connectivity index (χ3v) is 4.93. The molecular weight excluding hydrogens is 364 g/mol. The monoisotopic (exact) mass is 386 g/mol. The van der Waals surface area contributed by atoms with E-state index in [2.05, 4.69) is 5.32 Å². The highest BCUT2D eigenvalue weighted by molar-refractivity contribution is 6.07. The second kappa shape index (κ2) is 8.19. The van der Waals surface area contributed by atoms with Crippen LogP contribution < -0.4 is 15.0 Å². The summed E-state index contributed by atoms with van der Waals surface area (Å²) in [5.74, 6) is 0.169. The van der Waals surface area contributed by atoms with Crippen molar-refractivity contribution in [2.45, 2.75) is 19.4 Å². The average Bonchev–Trinajstić information content (AvgIpc) is 2.76. The van der Waals surface area contributed by atoms with Gasteiger partial charge in [-0.3, -0.25) is 14.5 Å². The van der Waals surface area contributed by atoms with E-state index in [9.17, 15) is 9.59 Å². The largest absolute Gasteiger partial charge is 0.478 e. The van der Waals surface area contributed by atoms with Crippen LogP contribution in [0.4, 0.5) is 11.4 Å². The minimum absolute atomic E-state index is 0.0706. The first-order valence-corrected chi connectivity index (χ1v) is 9.68. The SMILES string of the molecule is CCC1Oc2ccccc2N(CC(=O)Nc2ccccc2-c2ccccc2)C1=O. The van der Waals surface area contributed by atoms with E-state index in [-0.39, 0.29) is 18.4 Å². The maximum absolute atomic E-state index is 12.9. The maximum Gasteiger partial charge on any atom is 0.268 e. The fourth-order valence-electron chi connectivity index (χ4n) is 3.49. The molecule has 3 aromatic rings. The van der Waals surface area contributed by atoms with E-state index in [4.69, 9.17) is 4.74 Å².